The van der Waals surface area contributed by atoms with Gasteiger partial charge in [-0.3, -0.25) is 0 Å². The first kappa shape index (κ1) is 10.6. The normalized spacial score (nSPS) is 30.0. The second kappa shape index (κ2) is 3.47. The number of ether oxygens (including phenoxy) is 1. The van der Waals surface area contributed by atoms with Gasteiger partial charge in [-0.05, 0) is 24.0 Å². The molecule has 2 aliphatic rings. The summed E-state index contributed by atoms with van der Waals surface area (Å²) in [6, 6.07) is 8.25. The molecule has 0 unspecified atom stereocenters. The molecule has 2 N–H and O–H groups in total. The zero-order chi connectivity index (χ0) is 12.0. The summed E-state index contributed by atoms with van der Waals surface area (Å²) >= 11 is 0. The van der Waals surface area contributed by atoms with Gasteiger partial charge >= 0.3 is 6.09 Å². The first-order chi connectivity index (χ1) is 8.16. The number of rotatable bonds is 0. The van der Waals surface area contributed by atoms with Crippen LogP contribution in [-0.4, -0.2) is 30.7 Å². The maximum Gasteiger partial charge on any atom is 0.409 e. The number of nitrogens with zero attached hydrogens (tertiary/aromatic N) is 1. The van der Waals surface area contributed by atoms with Crippen LogP contribution in [0.3, 0.4) is 0 Å². The minimum absolute atomic E-state index is 0.0485. The lowest BCUT2D eigenvalue weighted by Crippen LogP contribution is -2.47. The third-order valence-corrected chi connectivity index (χ3v) is 4.08. The number of nitrogens with two attached hydrogens (primary N) is 1. The van der Waals surface area contributed by atoms with Crippen LogP contribution in [-0.2, 0) is 16.7 Å². The molecule has 1 aromatic rings. The molecule has 1 amide bonds. The van der Waals surface area contributed by atoms with Gasteiger partial charge < -0.3 is 15.4 Å². The Hall–Kier alpha value is -1.55. The fourth-order valence-corrected chi connectivity index (χ4v) is 3.21. The summed E-state index contributed by atoms with van der Waals surface area (Å²) in [6.07, 6.45) is 1.38. The van der Waals surface area contributed by atoms with Crippen molar-refractivity contribution in [3.63, 3.8) is 0 Å². The van der Waals surface area contributed by atoms with Gasteiger partial charge in [-0.25, -0.2) is 4.79 Å². The summed E-state index contributed by atoms with van der Waals surface area (Å²) in [4.78, 5) is 13.5. The molecule has 0 saturated carbocycles. The van der Waals surface area contributed by atoms with Crippen LogP contribution in [0.5, 0.6) is 0 Å². The van der Waals surface area contributed by atoms with Crippen molar-refractivity contribution in [1.82, 2.24) is 4.90 Å². The van der Waals surface area contributed by atoms with Crippen molar-refractivity contribution >= 4 is 6.09 Å². The molecule has 17 heavy (non-hydrogen) atoms. The third-order valence-electron chi connectivity index (χ3n) is 4.08. The summed E-state index contributed by atoms with van der Waals surface area (Å²) in [5, 5.41) is 0. The van der Waals surface area contributed by atoms with Crippen LogP contribution in [0.25, 0.3) is 0 Å². The van der Waals surface area contributed by atoms with Crippen LogP contribution < -0.4 is 5.73 Å². The Labute approximate surface area is 100 Å². The highest BCUT2D eigenvalue weighted by Crippen LogP contribution is 2.44. The maximum atomic E-state index is 11.7. The van der Waals surface area contributed by atoms with Gasteiger partial charge in [-0.15, -0.1) is 0 Å². The molecule has 3 rings (SSSR count). The lowest BCUT2D eigenvalue weighted by Gasteiger charge is -2.28. The average Bonchev–Trinajstić information content (AvgIpc) is 2.81. The number of carbonyl (C=O) groups is 1. The van der Waals surface area contributed by atoms with Crippen LogP contribution >= 0.6 is 0 Å². The van der Waals surface area contributed by atoms with Gasteiger partial charge in [0, 0.05) is 6.54 Å². The van der Waals surface area contributed by atoms with E-state index in [9.17, 15) is 4.79 Å². The van der Waals surface area contributed by atoms with Gasteiger partial charge in [-0.1, -0.05) is 24.3 Å². The molecular weight excluding hydrogens is 216 g/mol. The Morgan fingerprint density at radius 1 is 1.53 bits per heavy atom. The summed E-state index contributed by atoms with van der Waals surface area (Å²) < 4.78 is 4.82. The average molecular weight is 232 g/mol. The van der Waals surface area contributed by atoms with Crippen LogP contribution in [0.1, 0.15) is 17.5 Å². The Balaban J connectivity index is 2.00. The van der Waals surface area contributed by atoms with E-state index in [1.54, 1.807) is 4.90 Å². The van der Waals surface area contributed by atoms with E-state index in [-0.39, 0.29) is 17.7 Å². The second-order valence-corrected chi connectivity index (χ2v) is 4.83. The van der Waals surface area contributed by atoms with E-state index in [1.807, 2.05) is 12.1 Å². The molecule has 2 atom stereocenters. The SMILES string of the molecule is COC(=O)N1CC[C@@]2(N)c3ccccc3C[C@@H]12. The number of amides is 1. The van der Waals surface area contributed by atoms with Crippen LogP contribution in [0.4, 0.5) is 4.79 Å². The fourth-order valence-electron chi connectivity index (χ4n) is 3.21. The second-order valence-electron chi connectivity index (χ2n) is 4.83. The van der Waals surface area contributed by atoms with E-state index >= 15 is 0 Å². The Morgan fingerprint density at radius 3 is 3.06 bits per heavy atom. The monoisotopic (exact) mass is 232 g/mol. The zero-order valence-electron chi connectivity index (χ0n) is 9.85. The Bertz CT molecular complexity index is 474. The van der Waals surface area contributed by atoms with E-state index in [0.717, 1.165) is 12.8 Å². The minimum atomic E-state index is -0.384. The summed E-state index contributed by atoms with van der Waals surface area (Å²) in [5.41, 5.74) is 8.57. The standard InChI is InChI=1S/C13H16N2O2/c1-17-12(16)15-7-6-13(14)10-5-3-2-4-9(10)8-11(13)15/h2-5,11H,6-8,14H2,1H3/t11-,13-/m1/s1. The Morgan fingerprint density at radius 2 is 2.29 bits per heavy atom. The molecular formula is C13H16N2O2. The molecule has 1 heterocycles. The molecule has 0 radical (unpaired) electrons. The third kappa shape index (κ3) is 1.30. The van der Waals surface area contributed by atoms with Gasteiger partial charge in [0.05, 0.1) is 18.7 Å². The van der Waals surface area contributed by atoms with Gasteiger partial charge in [-0.2, -0.15) is 0 Å². The molecule has 4 nitrogen and oxygen atoms in total. The van der Waals surface area contributed by atoms with Crippen molar-refractivity contribution in [2.45, 2.75) is 24.4 Å². The minimum Gasteiger partial charge on any atom is -0.453 e. The van der Waals surface area contributed by atoms with E-state index in [2.05, 4.69) is 12.1 Å². The van der Waals surface area contributed by atoms with Gasteiger partial charge in [0.1, 0.15) is 0 Å². The largest absolute Gasteiger partial charge is 0.453 e. The van der Waals surface area contributed by atoms with Gasteiger partial charge in [0.15, 0.2) is 0 Å². The Kier molecular flexibility index (Phi) is 2.16. The van der Waals surface area contributed by atoms with Crippen molar-refractivity contribution in [2.75, 3.05) is 13.7 Å². The predicted molar refractivity (Wildman–Crippen MR) is 63.5 cm³/mol. The van der Waals surface area contributed by atoms with Crippen molar-refractivity contribution in [2.24, 2.45) is 5.73 Å². The number of likely N-dealkylation sites (tertiary alicyclic amines) is 1. The van der Waals surface area contributed by atoms with Crippen molar-refractivity contribution < 1.29 is 9.53 Å². The number of carbonyl (C=O) groups excluding carboxylic acids is 1. The lowest BCUT2D eigenvalue weighted by atomic mass is 9.89. The quantitative estimate of drug-likeness (QED) is 0.732. The van der Waals surface area contributed by atoms with Crippen LogP contribution in [0.2, 0.25) is 0 Å². The fraction of sp³-hybridized carbons (Fsp3) is 0.462. The molecule has 0 spiro atoms. The molecule has 1 saturated heterocycles. The number of methoxy groups -OCH3 is 1. The summed E-state index contributed by atoms with van der Waals surface area (Å²) in [6.45, 7) is 0.683. The van der Waals surface area contributed by atoms with E-state index < -0.39 is 0 Å². The lowest BCUT2D eigenvalue weighted by molar-refractivity contribution is 0.113. The number of hydrogen-bond donors (Lipinski definition) is 1. The first-order valence-electron chi connectivity index (χ1n) is 5.88. The van der Waals surface area contributed by atoms with E-state index in [1.165, 1.54) is 18.2 Å². The van der Waals surface area contributed by atoms with Crippen molar-refractivity contribution in [3.05, 3.63) is 35.4 Å². The molecule has 1 aromatic carbocycles. The first-order valence-corrected chi connectivity index (χ1v) is 5.88. The van der Waals surface area contributed by atoms with E-state index in [0.29, 0.717) is 6.54 Å². The molecule has 1 aliphatic carbocycles. The highest BCUT2D eigenvalue weighted by atomic mass is 16.5. The van der Waals surface area contributed by atoms with Gasteiger partial charge in [0.25, 0.3) is 0 Å². The highest BCUT2D eigenvalue weighted by molar-refractivity contribution is 5.69. The number of hydrogen-bond acceptors (Lipinski definition) is 3. The van der Waals surface area contributed by atoms with Crippen molar-refractivity contribution in [1.29, 1.82) is 0 Å². The molecule has 1 aliphatic heterocycles. The van der Waals surface area contributed by atoms with Crippen LogP contribution in [0, 0.1) is 0 Å². The molecule has 0 aromatic heterocycles. The van der Waals surface area contributed by atoms with Gasteiger partial charge in [0.2, 0.25) is 0 Å². The summed E-state index contributed by atoms with van der Waals surface area (Å²) in [5.74, 6) is 0. The molecule has 1 fully saturated rings. The van der Waals surface area contributed by atoms with Crippen LogP contribution in [0.15, 0.2) is 24.3 Å². The van der Waals surface area contributed by atoms with Crippen molar-refractivity contribution in [3.8, 4) is 0 Å². The summed E-state index contributed by atoms with van der Waals surface area (Å²) in [7, 11) is 1.42. The zero-order valence-corrected chi connectivity index (χ0v) is 9.85. The number of fused-ring (bicyclic) bond motifs is 3. The molecule has 4 heteroatoms. The maximum absolute atomic E-state index is 11.7. The van der Waals surface area contributed by atoms with E-state index in [4.69, 9.17) is 10.5 Å². The molecule has 0 bridgehead atoms. The topological polar surface area (TPSA) is 55.6 Å². The molecule has 90 valence electrons. The smallest absolute Gasteiger partial charge is 0.409 e. The number of benzene rings is 1. The highest BCUT2D eigenvalue weighted by Gasteiger charge is 2.52. The predicted octanol–water partition coefficient (Wildman–Crippen LogP) is 1.24.